The molecule has 22 nitrogen and oxygen atoms in total. The van der Waals surface area contributed by atoms with Crippen molar-refractivity contribution in [1.82, 2.24) is 30.4 Å². The fourth-order valence-electron chi connectivity index (χ4n) is 27.4. The summed E-state index contributed by atoms with van der Waals surface area (Å²) in [6.07, 6.45) is 18.5. The average molecular weight is 1640 g/mol. The van der Waals surface area contributed by atoms with Gasteiger partial charge in [0.15, 0.2) is 0 Å². The van der Waals surface area contributed by atoms with Crippen LogP contribution < -0.4 is 42.5 Å². The summed E-state index contributed by atoms with van der Waals surface area (Å²) in [6, 6.07) is 23.6. The Bertz CT molecular complexity index is 4400. The van der Waals surface area contributed by atoms with Crippen LogP contribution in [0.1, 0.15) is 314 Å². The zero-order valence-electron chi connectivity index (χ0n) is 73.6. The van der Waals surface area contributed by atoms with Crippen LogP contribution in [0.15, 0.2) is 72.8 Å². The lowest BCUT2D eigenvalue weighted by Crippen LogP contribution is -2.65. The van der Waals surface area contributed by atoms with Gasteiger partial charge in [-0.1, -0.05) is 160 Å². The summed E-state index contributed by atoms with van der Waals surface area (Å²) >= 11 is 0. The highest BCUT2D eigenvalue weighted by Crippen LogP contribution is 2.67. The Labute approximate surface area is 707 Å². The number of amides is 12. The number of anilines is 4. The van der Waals surface area contributed by atoms with Crippen LogP contribution in [0.3, 0.4) is 0 Å². The molecular weight excluding hydrogens is 1510 g/mol. The second-order valence-corrected chi connectivity index (χ2v) is 39.7. The van der Waals surface area contributed by atoms with Crippen molar-refractivity contribution in [2.75, 3.05) is 21.3 Å². The molecule has 6 aromatic rings. The third-order valence-electron chi connectivity index (χ3n) is 30.9. The van der Waals surface area contributed by atoms with Gasteiger partial charge >= 0.3 is 0 Å². The number of hydrogen-bond donors (Lipinski definition) is 8. The lowest BCUT2D eigenvalue weighted by atomic mass is 9.47. The number of rotatable bonds is 35. The maximum absolute atomic E-state index is 15.8. The summed E-state index contributed by atoms with van der Waals surface area (Å²) in [5.74, 6) is -3.33. The zero-order chi connectivity index (χ0) is 86.0. The van der Waals surface area contributed by atoms with E-state index in [2.05, 4.69) is 51.7 Å². The van der Waals surface area contributed by atoms with Crippen LogP contribution >= 0.6 is 0 Å². The van der Waals surface area contributed by atoms with Gasteiger partial charge in [-0.15, -0.1) is 0 Å². The molecule has 14 rings (SSSR count). The molecule has 2 aromatic heterocycles. The largest absolute Gasteiger partial charge is 0.339 e. The molecule has 12 amide bonds. The molecule has 120 heavy (non-hydrogen) atoms. The van der Waals surface area contributed by atoms with Crippen molar-refractivity contribution in [3.8, 4) is 0 Å². The third-order valence-corrected chi connectivity index (χ3v) is 30.9. The van der Waals surface area contributed by atoms with E-state index >= 15 is 19.2 Å². The third kappa shape index (κ3) is 14.5. The molecule has 8 aliphatic rings. The van der Waals surface area contributed by atoms with Crippen LogP contribution in [0.25, 0.3) is 43.6 Å². The Morgan fingerprint density at radius 3 is 0.558 bits per heavy atom. The number of nitrogens with zero attached hydrogens (tertiary/aromatic N) is 2. The first-order valence-corrected chi connectivity index (χ1v) is 46.1. The fraction of sp³-hybridized carbons (Fsp3) is 0.633. The van der Waals surface area contributed by atoms with Crippen LogP contribution in [0.5, 0.6) is 0 Å². The molecule has 0 spiro atoms. The Hall–Kier alpha value is -9.08. The standard InChI is InChI=1S/C98H132N10O12/c1-13-33-87(51-91(37-17-5)59-92(52-87,38-18-6)80(114)103-79(91)113)75(109)99-63-25-29-71-67(47-63)68-48-64(100-76(110)88(34-14-2)53-93(39-19-7)60-94(54-88,40-20-8)82(116)104-81(93)115)26-30-72(68)107(71)45-46-108-73-31-27-65(101-77(111)89(35-15-3)55-95(41-21-9)61-96(56-89,42-22-10)84(118)105-83(95)117)49-69(73)70-50-66(28-32-74(70)108)102-78(112)90(36-16-4)57-97(43-23-11)62-98(58-90,44-24-12)86(120)106-85(97)119/h25-32,47-50H,13-24,33-46,51-62H2,1-12H3,(H,99,109)(H,100,110)(H,101,111)(H,102,112)(H,103,113,114)(H,104,115,116)(H,105,117,118)(H,106,119,120). The van der Waals surface area contributed by atoms with Crippen LogP contribution in [0, 0.1) is 65.0 Å². The molecule has 8 atom stereocenters. The number of aryl methyl sites for hydroxylation is 2. The monoisotopic (exact) mass is 1640 g/mol. The molecule has 8 N–H and O–H groups in total. The molecule has 6 heterocycles. The van der Waals surface area contributed by atoms with Gasteiger partial charge < -0.3 is 30.4 Å². The molecule has 8 bridgehead atoms. The Kier molecular flexibility index (Phi) is 24.0. The Balaban J connectivity index is 0.888. The number of fused-ring (bicyclic) bond motifs is 14. The minimum Gasteiger partial charge on any atom is -0.339 e. The number of nitrogens with one attached hydrogen (secondary N) is 8. The van der Waals surface area contributed by atoms with Gasteiger partial charge in [0.1, 0.15) is 0 Å². The molecule has 4 aromatic carbocycles. The van der Waals surface area contributed by atoms with Gasteiger partial charge in [-0.2, -0.15) is 0 Å². The molecular formula is C98H132N10O12. The lowest BCUT2D eigenvalue weighted by molar-refractivity contribution is -0.171. The van der Waals surface area contributed by atoms with Crippen molar-refractivity contribution in [2.45, 2.75) is 327 Å². The van der Waals surface area contributed by atoms with Gasteiger partial charge in [0, 0.05) is 79.5 Å². The number of carbonyl (C=O) groups excluding carboxylic acids is 12. The highest BCUT2D eigenvalue weighted by molar-refractivity contribution is 6.16. The van der Waals surface area contributed by atoms with Crippen LogP contribution in [-0.2, 0) is 70.6 Å². The molecule has 8 unspecified atom stereocenters. The highest BCUT2D eigenvalue weighted by atomic mass is 16.2. The van der Waals surface area contributed by atoms with Crippen LogP contribution in [-0.4, -0.2) is 80.0 Å². The fourth-order valence-corrected chi connectivity index (χ4v) is 27.4. The smallest absolute Gasteiger partial charge is 0.232 e. The maximum atomic E-state index is 15.8. The predicted molar refractivity (Wildman–Crippen MR) is 470 cm³/mol. The number of hydrogen-bond acceptors (Lipinski definition) is 12. The van der Waals surface area contributed by atoms with E-state index in [-0.39, 0.29) is 70.9 Å². The molecule has 4 aliphatic carbocycles. The molecule has 8 fully saturated rings. The van der Waals surface area contributed by atoms with Gasteiger partial charge in [-0.05, 0) is 227 Å². The first-order valence-electron chi connectivity index (χ1n) is 46.1. The highest BCUT2D eigenvalue weighted by Gasteiger charge is 2.69. The quantitative estimate of drug-likeness (QED) is 0.0172. The van der Waals surface area contributed by atoms with Gasteiger partial charge in [-0.3, -0.25) is 78.8 Å². The van der Waals surface area contributed by atoms with Crippen LogP contribution in [0.2, 0.25) is 0 Å². The second kappa shape index (κ2) is 33.0. The topological polar surface area (TPSA) is 311 Å². The number of carbonyl (C=O) groups is 12. The number of benzene rings is 4. The summed E-state index contributed by atoms with van der Waals surface area (Å²) in [5, 5.41) is 27.9. The van der Waals surface area contributed by atoms with Crippen molar-refractivity contribution in [1.29, 1.82) is 0 Å². The second-order valence-electron chi connectivity index (χ2n) is 39.7. The molecule has 4 saturated carbocycles. The van der Waals surface area contributed by atoms with Gasteiger partial charge in [-0.25, -0.2) is 0 Å². The average Bonchev–Trinajstić information content (AvgIpc) is 0.850. The molecule has 0 radical (unpaired) electrons. The van der Waals surface area contributed by atoms with Crippen molar-refractivity contribution >= 4 is 137 Å². The van der Waals surface area contributed by atoms with E-state index in [4.69, 9.17) is 0 Å². The maximum Gasteiger partial charge on any atom is 0.232 e. The first-order chi connectivity index (χ1) is 57.3. The van der Waals surface area contributed by atoms with E-state index in [9.17, 15) is 38.4 Å². The minimum atomic E-state index is -1.06. The van der Waals surface area contributed by atoms with Crippen LogP contribution in [0.4, 0.5) is 22.7 Å². The van der Waals surface area contributed by atoms with Crippen molar-refractivity contribution in [2.24, 2.45) is 65.0 Å². The van der Waals surface area contributed by atoms with Crippen molar-refractivity contribution in [3.63, 3.8) is 0 Å². The molecule has 4 saturated heterocycles. The van der Waals surface area contributed by atoms with E-state index in [1.54, 1.807) is 0 Å². The van der Waals surface area contributed by atoms with E-state index in [1.807, 2.05) is 156 Å². The summed E-state index contributed by atoms with van der Waals surface area (Å²) in [6.45, 7) is 25.3. The normalized spacial score (nSPS) is 31.4. The summed E-state index contributed by atoms with van der Waals surface area (Å²) in [7, 11) is 0. The van der Waals surface area contributed by atoms with E-state index in [0.29, 0.717) is 267 Å². The summed E-state index contributed by atoms with van der Waals surface area (Å²) < 4.78 is 4.49. The number of imide groups is 4. The van der Waals surface area contributed by atoms with Gasteiger partial charge in [0.25, 0.3) is 0 Å². The molecule has 4 aliphatic heterocycles. The van der Waals surface area contributed by atoms with Crippen molar-refractivity contribution < 1.29 is 57.5 Å². The van der Waals surface area contributed by atoms with E-state index < -0.39 is 65.0 Å². The Morgan fingerprint density at radius 2 is 0.408 bits per heavy atom. The van der Waals surface area contributed by atoms with Gasteiger partial charge in [0.05, 0.1) is 65.0 Å². The zero-order valence-corrected chi connectivity index (χ0v) is 73.6. The van der Waals surface area contributed by atoms with Gasteiger partial charge in [0.2, 0.25) is 70.9 Å². The van der Waals surface area contributed by atoms with E-state index in [1.165, 1.54) is 0 Å². The summed E-state index contributed by atoms with van der Waals surface area (Å²) in [5.41, 5.74) is -6.13. The number of aromatic nitrogens is 2. The Morgan fingerprint density at radius 1 is 0.250 bits per heavy atom. The molecule has 22 heteroatoms. The molecule has 646 valence electrons. The SMILES string of the molecule is CCCC12CC(CCC)(CC(CCC)(C(=O)Nc3ccc4c(c3)c3cc(NC(=O)C5(CCC)CC6(CCC)CC(CCC)(C5)C(=O)NC6=O)ccc3n4CCn3c4ccc(NC(=O)C5(CCC)CC6(CCC)CC(CCC)(C5)C(=O)NC6=O)cc4c4cc(NC(=O)C5(CCC)CC6(CCC)CC(CCC)(C5)C(=O)NC6=O)ccc43)C1)C(=O)NC2=O. The number of piperidine rings is 4. The predicted octanol–water partition coefficient (Wildman–Crippen LogP) is 19.2. The lowest BCUT2D eigenvalue weighted by Gasteiger charge is -2.57. The van der Waals surface area contributed by atoms with E-state index in [0.717, 1.165) is 43.6 Å². The minimum absolute atomic E-state index is 0.237. The van der Waals surface area contributed by atoms with Crippen molar-refractivity contribution in [3.05, 3.63) is 72.8 Å². The first kappa shape index (κ1) is 87.3. The summed E-state index contributed by atoms with van der Waals surface area (Å²) in [4.78, 5) is 178.